The molecule has 0 fully saturated rings. The van der Waals surface area contributed by atoms with Crippen LogP contribution in [0.2, 0.25) is 0 Å². The lowest BCUT2D eigenvalue weighted by Gasteiger charge is -2.12. The molecule has 0 saturated carbocycles. The van der Waals surface area contributed by atoms with Crippen LogP contribution in [0.1, 0.15) is 39.4 Å². The van der Waals surface area contributed by atoms with Crippen molar-refractivity contribution < 1.29 is 9.84 Å². The minimum Gasteiger partial charge on any atom is -0.491 e. The molecule has 0 aromatic heterocycles. The molecular formula is C14H20O2. The molecular weight excluding hydrogens is 200 g/mol. The number of benzene rings is 1. The molecule has 1 atom stereocenters. The Balaban J connectivity index is 2.85. The van der Waals surface area contributed by atoms with E-state index < -0.39 is 6.10 Å². The van der Waals surface area contributed by atoms with Gasteiger partial charge in [0, 0.05) is 0 Å². The number of hydrogen-bond donors (Lipinski definition) is 1. The first kappa shape index (κ1) is 12.8. The minimum absolute atomic E-state index is 0.149. The van der Waals surface area contributed by atoms with Gasteiger partial charge < -0.3 is 9.84 Å². The number of ether oxygens (including phenoxy) is 1. The van der Waals surface area contributed by atoms with Crippen LogP contribution in [0.15, 0.2) is 35.9 Å². The molecule has 0 spiro atoms. The van der Waals surface area contributed by atoms with Gasteiger partial charge in [-0.15, -0.1) is 0 Å². The molecule has 1 rings (SSSR count). The van der Waals surface area contributed by atoms with Crippen molar-refractivity contribution in [2.75, 3.05) is 0 Å². The zero-order chi connectivity index (χ0) is 12.1. The minimum atomic E-state index is -0.555. The van der Waals surface area contributed by atoms with Gasteiger partial charge in [-0.05, 0) is 45.4 Å². The van der Waals surface area contributed by atoms with Crippen molar-refractivity contribution in [2.45, 2.75) is 39.9 Å². The second-order valence-electron chi connectivity index (χ2n) is 4.43. The first-order valence-electron chi connectivity index (χ1n) is 5.58. The topological polar surface area (TPSA) is 29.5 Å². The molecule has 0 saturated heterocycles. The van der Waals surface area contributed by atoms with Crippen LogP contribution in [0.25, 0.3) is 0 Å². The number of aliphatic hydroxyl groups excluding tert-OH is 1. The molecule has 0 heterocycles. The van der Waals surface area contributed by atoms with E-state index in [4.69, 9.17) is 4.74 Å². The van der Waals surface area contributed by atoms with Gasteiger partial charge in [-0.1, -0.05) is 23.8 Å². The van der Waals surface area contributed by atoms with E-state index in [1.165, 1.54) is 0 Å². The fraction of sp³-hybridized carbons (Fsp3) is 0.429. The summed E-state index contributed by atoms with van der Waals surface area (Å²) in [4.78, 5) is 0. The first-order valence-corrected chi connectivity index (χ1v) is 5.58. The van der Waals surface area contributed by atoms with Gasteiger partial charge in [0.2, 0.25) is 0 Å². The van der Waals surface area contributed by atoms with Gasteiger partial charge in [-0.3, -0.25) is 0 Å². The van der Waals surface area contributed by atoms with E-state index in [1.54, 1.807) is 0 Å². The maximum atomic E-state index is 9.92. The van der Waals surface area contributed by atoms with E-state index in [0.717, 1.165) is 16.9 Å². The molecule has 0 aliphatic rings. The normalized spacial score (nSPS) is 12.4. The lowest BCUT2D eigenvalue weighted by atomic mass is 10.1. The highest BCUT2D eigenvalue weighted by molar-refractivity contribution is 5.32. The molecule has 0 bridgehead atoms. The number of hydrogen-bond acceptors (Lipinski definition) is 2. The standard InChI is InChI=1S/C14H20O2/c1-10(2)8-14(15)12-6-5-7-13(9-12)16-11(3)4/h5-9,11,14-15H,1-4H3. The van der Waals surface area contributed by atoms with Crippen LogP contribution >= 0.6 is 0 Å². The smallest absolute Gasteiger partial charge is 0.120 e. The van der Waals surface area contributed by atoms with Crippen LogP contribution in [0.3, 0.4) is 0 Å². The van der Waals surface area contributed by atoms with Gasteiger partial charge in [-0.25, -0.2) is 0 Å². The van der Waals surface area contributed by atoms with Crippen molar-refractivity contribution in [1.82, 2.24) is 0 Å². The van der Waals surface area contributed by atoms with Crippen LogP contribution in [0.5, 0.6) is 5.75 Å². The third kappa shape index (κ3) is 4.07. The largest absolute Gasteiger partial charge is 0.491 e. The Kier molecular flexibility index (Phi) is 4.56. The average Bonchev–Trinajstić information content (AvgIpc) is 2.16. The zero-order valence-electron chi connectivity index (χ0n) is 10.4. The molecule has 0 amide bonds. The summed E-state index contributed by atoms with van der Waals surface area (Å²) in [6.45, 7) is 7.91. The third-order valence-corrected chi connectivity index (χ3v) is 2.06. The van der Waals surface area contributed by atoms with E-state index >= 15 is 0 Å². The van der Waals surface area contributed by atoms with Crippen LogP contribution in [0.4, 0.5) is 0 Å². The van der Waals surface area contributed by atoms with Crippen LogP contribution < -0.4 is 4.74 Å². The Morgan fingerprint density at radius 2 is 2.00 bits per heavy atom. The summed E-state index contributed by atoms with van der Waals surface area (Å²) in [5.41, 5.74) is 1.96. The molecule has 1 aromatic carbocycles. The molecule has 0 aliphatic carbocycles. The second-order valence-corrected chi connectivity index (χ2v) is 4.43. The van der Waals surface area contributed by atoms with Crippen LogP contribution in [0, 0.1) is 0 Å². The SMILES string of the molecule is CC(C)=CC(O)c1cccc(OC(C)C)c1. The summed E-state index contributed by atoms with van der Waals surface area (Å²) < 4.78 is 5.58. The van der Waals surface area contributed by atoms with Crippen molar-refractivity contribution in [2.24, 2.45) is 0 Å². The fourth-order valence-electron chi connectivity index (χ4n) is 1.46. The van der Waals surface area contributed by atoms with Crippen LogP contribution in [-0.4, -0.2) is 11.2 Å². The van der Waals surface area contributed by atoms with E-state index in [2.05, 4.69) is 0 Å². The quantitative estimate of drug-likeness (QED) is 0.787. The van der Waals surface area contributed by atoms with Gasteiger partial charge in [0.05, 0.1) is 12.2 Å². The van der Waals surface area contributed by atoms with Crippen molar-refractivity contribution in [3.63, 3.8) is 0 Å². The van der Waals surface area contributed by atoms with Crippen molar-refractivity contribution in [1.29, 1.82) is 0 Å². The second kappa shape index (κ2) is 5.71. The van der Waals surface area contributed by atoms with Crippen LogP contribution in [-0.2, 0) is 0 Å². The number of aliphatic hydroxyl groups is 1. The van der Waals surface area contributed by atoms with E-state index in [-0.39, 0.29) is 6.10 Å². The number of rotatable bonds is 4. The Hall–Kier alpha value is -1.28. The van der Waals surface area contributed by atoms with Gasteiger partial charge in [-0.2, -0.15) is 0 Å². The maximum Gasteiger partial charge on any atom is 0.120 e. The van der Waals surface area contributed by atoms with Crippen molar-refractivity contribution in [3.05, 3.63) is 41.5 Å². The monoisotopic (exact) mass is 220 g/mol. The van der Waals surface area contributed by atoms with E-state index in [9.17, 15) is 5.11 Å². The molecule has 1 unspecified atom stereocenters. The lowest BCUT2D eigenvalue weighted by Crippen LogP contribution is -2.06. The van der Waals surface area contributed by atoms with Gasteiger partial charge in [0.1, 0.15) is 5.75 Å². The summed E-state index contributed by atoms with van der Waals surface area (Å²) >= 11 is 0. The molecule has 0 aliphatic heterocycles. The van der Waals surface area contributed by atoms with Crippen molar-refractivity contribution in [3.8, 4) is 5.75 Å². The van der Waals surface area contributed by atoms with E-state index in [1.807, 2.05) is 58.0 Å². The first-order chi connectivity index (χ1) is 7.49. The summed E-state index contributed by atoms with van der Waals surface area (Å²) in [6, 6.07) is 7.58. The molecule has 2 heteroatoms. The summed E-state index contributed by atoms with van der Waals surface area (Å²) in [6.07, 6.45) is 1.42. The Labute approximate surface area is 97.6 Å². The highest BCUT2D eigenvalue weighted by Gasteiger charge is 2.05. The number of allylic oxidation sites excluding steroid dienone is 1. The van der Waals surface area contributed by atoms with Gasteiger partial charge >= 0.3 is 0 Å². The van der Waals surface area contributed by atoms with E-state index in [0.29, 0.717) is 0 Å². The van der Waals surface area contributed by atoms with Gasteiger partial charge in [0.15, 0.2) is 0 Å². The highest BCUT2D eigenvalue weighted by atomic mass is 16.5. The van der Waals surface area contributed by atoms with Gasteiger partial charge in [0.25, 0.3) is 0 Å². The lowest BCUT2D eigenvalue weighted by molar-refractivity contribution is 0.222. The summed E-state index contributed by atoms with van der Waals surface area (Å²) in [5.74, 6) is 0.800. The zero-order valence-corrected chi connectivity index (χ0v) is 10.4. The molecule has 2 nitrogen and oxygen atoms in total. The summed E-state index contributed by atoms with van der Waals surface area (Å²) in [5, 5.41) is 9.92. The highest BCUT2D eigenvalue weighted by Crippen LogP contribution is 2.21. The molecule has 16 heavy (non-hydrogen) atoms. The maximum absolute atomic E-state index is 9.92. The third-order valence-electron chi connectivity index (χ3n) is 2.06. The average molecular weight is 220 g/mol. The summed E-state index contributed by atoms with van der Waals surface area (Å²) in [7, 11) is 0. The predicted octanol–water partition coefficient (Wildman–Crippen LogP) is 3.47. The molecule has 1 aromatic rings. The fourth-order valence-corrected chi connectivity index (χ4v) is 1.46. The predicted molar refractivity (Wildman–Crippen MR) is 66.6 cm³/mol. The molecule has 0 radical (unpaired) electrons. The Morgan fingerprint density at radius 3 is 2.56 bits per heavy atom. The van der Waals surface area contributed by atoms with Crippen molar-refractivity contribution >= 4 is 0 Å². The Morgan fingerprint density at radius 1 is 1.31 bits per heavy atom. The Bertz CT molecular complexity index is 363. The molecule has 88 valence electrons. The molecule has 1 N–H and O–H groups in total.